The van der Waals surface area contributed by atoms with Crippen LogP contribution in [-0.2, 0) is 9.53 Å². The van der Waals surface area contributed by atoms with Crippen LogP contribution in [0.25, 0.3) is 22.2 Å². The van der Waals surface area contributed by atoms with Crippen molar-refractivity contribution in [2.75, 3.05) is 11.9 Å². The van der Waals surface area contributed by atoms with Crippen molar-refractivity contribution < 1.29 is 14.3 Å². The minimum Gasteiger partial charge on any atom is -0.451 e. The van der Waals surface area contributed by atoms with Gasteiger partial charge in [-0.15, -0.1) is 11.3 Å². The monoisotopic (exact) mass is 446 g/mol. The quantitative estimate of drug-likeness (QED) is 0.429. The van der Waals surface area contributed by atoms with E-state index in [1.165, 1.54) is 11.3 Å². The van der Waals surface area contributed by atoms with Gasteiger partial charge >= 0.3 is 5.97 Å². The zero-order valence-electron chi connectivity index (χ0n) is 14.6. The number of anilines is 1. The number of carbonyl (C=O) groups excluding carboxylic acids is 2. The summed E-state index contributed by atoms with van der Waals surface area (Å²) in [5.74, 6) is -1.19. The van der Waals surface area contributed by atoms with E-state index in [9.17, 15) is 9.59 Å². The van der Waals surface area contributed by atoms with Crippen LogP contribution in [0.5, 0.6) is 0 Å². The van der Waals surface area contributed by atoms with Gasteiger partial charge in [0.2, 0.25) is 0 Å². The Balaban J connectivity index is 1.37. The van der Waals surface area contributed by atoms with Gasteiger partial charge in [0.1, 0.15) is 0 Å². The van der Waals surface area contributed by atoms with E-state index in [1.54, 1.807) is 41.8 Å². The number of carbonyl (C=O) groups is 2. The molecule has 10 heteroatoms. The van der Waals surface area contributed by atoms with Crippen molar-refractivity contribution in [3.05, 3.63) is 63.6 Å². The number of thiazole rings is 1. The second-order valence-electron chi connectivity index (χ2n) is 5.91. The van der Waals surface area contributed by atoms with E-state index >= 15 is 0 Å². The maximum Gasteiger partial charge on any atom is 0.359 e. The van der Waals surface area contributed by atoms with E-state index in [-0.39, 0.29) is 5.69 Å². The zero-order chi connectivity index (χ0) is 20.4. The van der Waals surface area contributed by atoms with Gasteiger partial charge in [-0.3, -0.25) is 15.2 Å². The minimum absolute atomic E-state index is 0.129. The molecule has 2 N–H and O–H groups in total. The lowest BCUT2D eigenvalue weighted by Crippen LogP contribution is -2.21. The first-order valence-electron chi connectivity index (χ1n) is 8.32. The number of H-pyrrole nitrogens is 1. The van der Waals surface area contributed by atoms with Gasteiger partial charge in [-0.25, -0.2) is 9.78 Å². The van der Waals surface area contributed by atoms with Crippen LogP contribution in [0.3, 0.4) is 0 Å². The number of fused-ring (bicyclic) bond motifs is 1. The summed E-state index contributed by atoms with van der Waals surface area (Å²) in [6.45, 7) is -0.457. The summed E-state index contributed by atoms with van der Waals surface area (Å²) in [7, 11) is 0. The first-order valence-corrected chi connectivity index (χ1v) is 9.96. The Morgan fingerprint density at radius 2 is 1.97 bits per heavy atom. The number of ether oxygens (including phenoxy) is 1. The highest BCUT2D eigenvalue weighted by molar-refractivity contribution is 7.14. The predicted molar refractivity (Wildman–Crippen MR) is 113 cm³/mol. The van der Waals surface area contributed by atoms with Gasteiger partial charge in [-0.1, -0.05) is 47.5 Å². The molecule has 0 saturated carbocycles. The first-order chi connectivity index (χ1) is 14.0. The molecule has 0 spiro atoms. The van der Waals surface area contributed by atoms with Crippen LogP contribution in [-0.4, -0.2) is 33.7 Å². The van der Waals surface area contributed by atoms with E-state index in [1.807, 2.05) is 6.07 Å². The van der Waals surface area contributed by atoms with Gasteiger partial charge in [0.05, 0.1) is 21.3 Å². The van der Waals surface area contributed by atoms with E-state index in [0.29, 0.717) is 31.8 Å². The topological polar surface area (TPSA) is 97.0 Å². The van der Waals surface area contributed by atoms with Gasteiger partial charge in [0, 0.05) is 16.3 Å². The molecule has 0 aliphatic carbocycles. The first kappa shape index (κ1) is 19.4. The minimum atomic E-state index is -0.687. The Labute approximate surface area is 178 Å². The molecular weight excluding hydrogens is 435 g/mol. The molecule has 0 aliphatic rings. The number of hydrogen-bond acceptors (Lipinski definition) is 6. The van der Waals surface area contributed by atoms with Crippen LogP contribution in [0.4, 0.5) is 5.13 Å². The lowest BCUT2D eigenvalue weighted by atomic mass is 10.2. The molecule has 0 atom stereocenters. The van der Waals surface area contributed by atoms with Crippen molar-refractivity contribution in [2.45, 2.75) is 0 Å². The highest BCUT2D eigenvalue weighted by Crippen LogP contribution is 2.30. The Kier molecular flexibility index (Phi) is 5.48. The fourth-order valence-electron chi connectivity index (χ4n) is 2.59. The lowest BCUT2D eigenvalue weighted by Gasteiger charge is -2.03. The average Bonchev–Trinajstić information content (AvgIpc) is 3.35. The number of aromatic nitrogens is 3. The van der Waals surface area contributed by atoms with Crippen LogP contribution in [0, 0.1) is 0 Å². The fourth-order valence-corrected chi connectivity index (χ4v) is 3.63. The number of esters is 1. The molecule has 4 rings (SSSR count). The number of aromatic amines is 1. The highest BCUT2D eigenvalue weighted by Gasteiger charge is 2.17. The molecule has 0 fully saturated rings. The van der Waals surface area contributed by atoms with E-state index < -0.39 is 18.5 Å². The normalized spacial score (nSPS) is 10.8. The molecule has 0 saturated heterocycles. The maximum absolute atomic E-state index is 12.2. The van der Waals surface area contributed by atoms with Crippen molar-refractivity contribution in [3.8, 4) is 11.3 Å². The molecule has 4 aromatic rings. The summed E-state index contributed by atoms with van der Waals surface area (Å²) < 4.78 is 5.06. The summed E-state index contributed by atoms with van der Waals surface area (Å²) in [4.78, 5) is 28.6. The van der Waals surface area contributed by atoms with Crippen LogP contribution in [0.2, 0.25) is 10.0 Å². The van der Waals surface area contributed by atoms with Crippen molar-refractivity contribution >= 4 is 62.4 Å². The van der Waals surface area contributed by atoms with Crippen LogP contribution >= 0.6 is 34.5 Å². The van der Waals surface area contributed by atoms with Crippen LogP contribution in [0.15, 0.2) is 47.8 Å². The third kappa shape index (κ3) is 4.24. The third-order valence-electron chi connectivity index (χ3n) is 3.96. The van der Waals surface area contributed by atoms with E-state index in [0.717, 1.165) is 5.56 Å². The molecule has 2 heterocycles. The second-order valence-corrected chi connectivity index (χ2v) is 7.58. The second kappa shape index (κ2) is 8.20. The molecule has 146 valence electrons. The van der Waals surface area contributed by atoms with Crippen molar-refractivity contribution in [1.29, 1.82) is 0 Å². The average molecular weight is 447 g/mol. The maximum atomic E-state index is 12.2. The summed E-state index contributed by atoms with van der Waals surface area (Å²) in [6.07, 6.45) is 0. The van der Waals surface area contributed by atoms with Gasteiger partial charge in [-0.2, -0.15) is 5.10 Å². The van der Waals surface area contributed by atoms with Crippen molar-refractivity contribution in [2.24, 2.45) is 0 Å². The number of hydrogen-bond donors (Lipinski definition) is 2. The fraction of sp³-hybridized carbons (Fsp3) is 0.0526. The van der Waals surface area contributed by atoms with Gasteiger partial charge < -0.3 is 4.74 Å². The molecule has 29 heavy (non-hydrogen) atoms. The van der Waals surface area contributed by atoms with Gasteiger partial charge in [0.25, 0.3) is 5.91 Å². The van der Waals surface area contributed by atoms with Crippen LogP contribution < -0.4 is 5.32 Å². The van der Waals surface area contributed by atoms with Gasteiger partial charge in [-0.05, 0) is 18.2 Å². The standard InChI is InChI=1S/C19H12Cl2N4O3S/c20-12-6-5-10(7-13(12)21)15-9-29-19(22-15)23-16(26)8-28-18(27)17-11-3-1-2-4-14(11)24-25-17/h1-7,9H,8H2,(H,24,25)(H,22,23,26). The molecule has 1 amide bonds. The molecule has 0 unspecified atom stereocenters. The molecule has 0 bridgehead atoms. The summed E-state index contributed by atoms with van der Waals surface area (Å²) in [5.41, 5.74) is 2.25. The predicted octanol–water partition coefficient (Wildman–Crippen LogP) is 4.79. The number of nitrogens with one attached hydrogen (secondary N) is 2. The SMILES string of the molecule is O=C(COC(=O)c1n[nH]c2ccccc12)Nc1nc(-c2ccc(Cl)c(Cl)c2)cs1. The summed E-state index contributed by atoms with van der Waals surface area (Å²) in [6, 6.07) is 12.3. The Bertz CT molecular complexity index is 1220. The van der Waals surface area contributed by atoms with Crippen molar-refractivity contribution in [1.82, 2.24) is 15.2 Å². The smallest absolute Gasteiger partial charge is 0.359 e. The zero-order valence-corrected chi connectivity index (χ0v) is 16.9. The summed E-state index contributed by atoms with van der Waals surface area (Å²) in [5, 5.41) is 12.9. The number of rotatable bonds is 5. The lowest BCUT2D eigenvalue weighted by molar-refractivity contribution is -0.119. The van der Waals surface area contributed by atoms with E-state index in [4.69, 9.17) is 27.9 Å². The molecule has 0 aliphatic heterocycles. The third-order valence-corrected chi connectivity index (χ3v) is 5.46. The molecule has 7 nitrogen and oxygen atoms in total. The largest absolute Gasteiger partial charge is 0.451 e. The van der Waals surface area contributed by atoms with E-state index in [2.05, 4.69) is 20.5 Å². The Hall–Kier alpha value is -2.94. The number of halogens is 2. The molecular formula is C19H12Cl2N4O3S. The Morgan fingerprint density at radius 1 is 1.14 bits per heavy atom. The highest BCUT2D eigenvalue weighted by atomic mass is 35.5. The molecule has 0 radical (unpaired) electrons. The number of amides is 1. The van der Waals surface area contributed by atoms with Gasteiger partial charge in [0.15, 0.2) is 17.4 Å². The number of para-hydroxylation sites is 1. The summed E-state index contributed by atoms with van der Waals surface area (Å²) >= 11 is 13.2. The Morgan fingerprint density at radius 3 is 2.79 bits per heavy atom. The van der Waals surface area contributed by atoms with Crippen LogP contribution in [0.1, 0.15) is 10.5 Å². The number of benzene rings is 2. The molecule has 2 aromatic heterocycles. The number of nitrogens with zero attached hydrogens (tertiary/aromatic N) is 2. The molecule has 2 aromatic carbocycles. The van der Waals surface area contributed by atoms with Crippen molar-refractivity contribution in [3.63, 3.8) is 0 Å².